The fourth-order valence-electron chi connectivity index (χ4n) is 1.37. The van der Waals surface area contributed by atoms with Crippen molar-refractivity contribution in [2.24, 2.45) is 0 Å². The zero-order valence-electron chi connectivity index (χ0n) is 8.44. The van der Waals surface area contributed by atoms with Gasteiger partial charge in [0, 0.05) is 11.9 Å². The molecule has 0 aliphatic rings. The molecule has 0 fully saturated rings. The van der Waals surface area contributed by atoms with Gasteiger partial charge in [0.1, 0.15) is 5.38 Å². The molecule has 1 rings (SSSR count). The molecular weight excluding hydrogens is 253 g/mol. The van der Waals surface area contributed by atoms with Crippen LogP contribution in [-0.2, 0) is 10.7 Å². The fourth-order valence-corrected chi connectivity index (χ4v) is 1.86. The van der Waals surface area contributed by atoms with Crippen molar-refractivity contribution in [2.75, 3.05) is 0 Å². The minimum absolute atomic E-state index is 0.0769. The third-order valence-electron chi connectivity index (χ3n) is 2.12. The van der Waals surface area contributed by atoms with Gasteiger partial charge in [-0.25, -0.2) is 0 Å². The molecule has 0 aromatic heterocycles. The molecule has 0 saturated carbocycles. The smallest absolute Gasteiger partial charge is 0.274 e. The second-order valence-electron chi connectivity index (χ2n) is 3.21. The first-order valence-corrected chi connectivity index (χ1v) is 5.42. The van der Waals surface area contributed by atoms with Gasteiger partial charge in [0.05, 0.1) is 10.5 Å². The molecule has 0 heterocycles. The lowest BCUT2D eigenvalue weighted by Crippen LogP contribution is -2.08. The summed E-state index contributed by atoms with van der Waals surface area (Å²) in [6.07, 6.45) is 0. The molecule has 4 nitrogen and oxygen atoms in total. The van der Waals surface area contributed by atoms with Crippen LogP contribution >= 0.6 is 23.2 Å². The first-order valence-electron chi connectivity index (χ1n) is 4.45. The molecule has 0 aliphatic heterocycles. The average molecular weight is 262 g/mol. The van der Waals surface area contributed by atoms with Crippen LogP contribution in [0.2, 0.25) is 0 Å². The number of alkyl halides is 2. The molecule has 0 radical (unpaired) electrons. The van der Waals surface area contributed by atoms with Crippen molar-refractivity contribution >= 4 is 34.7 Å². The molecule has 0 bridgehead atoms. The lowest BCUT2D eigenvalue weighted by atomic mass is 10.0. The summed E-state index contributed by atoms with van der Waals surface area (Å²) < 4.78 is 0. The molecule has 16 heavy (non-hydrogen) atoms. The highest BCUT2D eigenvalue weighted by atomic mass is 35.5. The largest absolute Gasteiger partial charge is 0.298 e. The number of nitro groups is 1. The number of Topliss-reactive ketones (excluding diaryl/α,β-unsaturated/α-hetero) is 1. The van der Waals surface area contributed by atoms with Gasteiger partial charge in [-0.15, -0.1) is 23.2 Å². The zero-order chi connectivity index (χ0) is 12.3. The van der Waals surface area contributed by atoms with Gasteiger partial charge in [-0.3, -0.25) is 14.9 Å². The van der Waals surface area contributed by atoms with Crippen LogP contribution < -0.4 is 0 Å². The van der Waals surface area contributed by atoms with Crippen molar-refractivity contribution in [3.05, 3.63) is 39.4 Å². The van der Waals surface area contributed by atoms with Gasteiger partial charge >= 0.3 is 0 Å². The standard InChI is InChI=1S/C10H9Cl2NO3/c1-6(14)10(12)9-7(5-11)3-2-4-8(9)13(15)16/h2-4,10H,5H2,1H3. The summed E-state index contributed by atoms with van der Waals surface area (Å²) in [6.45, 7) is 1.28. The van der Waals surface area contributed by atoms with E-state index in [9.17, 15) is 14.9 Å². The van der Waals surface area contributed by atoms with Crippen molar-refractivity contribution in [1.82, 2.24) is 0 Å². The topological polar surface area (TPSA) is 60.2 Å². The van der Waals surface area contributed by atoms with Crippen molar-refractivity contribution in [3.63, 3.8) is 0 Å². The lowest BCUT2D eigenvalue weighted by molar-refractivity contribution is -0.385. The molecule has 1 aromatic carbocycles. The average Bonchev–Trinajstić information content (AvgIpc) is 2.26. The van der Waals surface area contributed by atoms with Gasteiger partial charge in [0.2, 0.25) is 0 Å². The van der Waals surface area contributed by atoms with E-state index in [1.807, 2.05) is 0 Å². The van der Waals surface area contributed by atoms with E-state index in [1.54, 1.807) is 6.07 Å². The summed E-state index contributed by atoms with van der Waals surface area (Å²) in [5.74, 6) is -0.268. The second kappa shape index (κ2) is 5.27. The van der Waals surface area contributed by atoms with Crippen LogP contribution in [0.3, 0.4) is 0 Å². The Morgan fingerprint density at radius 2 is 2.19 bits per heavy atom. The predicted molar refractivity (Wildman–Crippen MR) is 61.9 cm³/mol. The summed E-state index contributed by atoms with van der Waals surface area (Å²) >= 11 is 11.5. The second-order valence-corrected chi connectivity index (χ2v) is 3.92. The van der Waals surface area contributed by atoms with Gasteiger partial charge in [0.15, 0.2) is 5.78 Å². The highest BCUT2D eigenvalue weighted by Gasteiger charge is 2.26. The monoisotopic (exact) mass is 261 g/mol. The number of rotatable bonds is 4. The van der Waals surface area contributed by atoms with E-state index in [0.29, 0.717) is 5.56 Å². The molecule has 86 valence electrons. The predicted octanol–water partition coefficient (Wildman–Crippen LogP) is 3.20. The Morgan fingerprint density at radius 1 is 1.56 bits per heavy atom. The maximum absolute atomic E-state index is 11.2. The SMILES string of the molecule is CC(=O)C(Cl)c1c(CCl)cccc1[N+](=O)[O-]. The Kier molecular flexibility index (Phi) is 4.26. The first-order chi connectivity index (χ1) is 7.49. The minimum atomic E-state index is -1.03. The molecule has 0 amide bonds. The molecule has 6 heteroatoms. The van der Waals surface area contributed by atoms with Gasteiger partial charge in [-0.1, -0.05) is 12.1 Å². The van der Waals surface area contributed by atoms with Crippen molar-refractivity contribution in [1.29, 1.82) is 0 Å². The molecule has 0 aliphatic carbocycles. The number of carbonyl (C=O) groups is 1. The number of nitrogens with zero attached hydrogens (tertiary/aromatic N) is 1. The van der Waals surface area contributed by atoms with Crippen LogP contribution in [0.4, 0.5) is 5.69 Å². The molecular formula is C10H9Cl2NO3. The van der Waals surface area contributed by atoms with E-state index in [0.717, 1.165) is 0 Å². The van der Waals surface area contributed by atoms with E-state index in [2.05, 4.69) is 0 Å². The third kappa shape index (κ3) is 2.51. The van der Waals surface area contributed by atoms with E-state index < -0.39 is 10.3 Å². The Balaban J connectivity index is 3.41. The Morgan fingerprint density at radius 3 is 2.62 bits per heavy atom. The maximum atomic E-state index is 11.2. The Bertz CT molecular complexity index is 434. The Hall–Kier alpha value is -1.13. The molecule has 0 N–H and O–H groups in total. The van der Waals surface area contributed by atoms with E-state index in [1.165, 1.54) is 19.1 Å². The third-order valence-corrected chi connectivity index (χ3v) is 2.94. The van der Waals surface area contributed by atoms with Gasteiger partial charge in [0.25, 0.3) is 5.69 Å². The van der Waals surface area contributed by atoms with Crippen molar-refractivity contribution in [2.45, 2.75) is 18.2 Å². The minimum Gasteiger partial charge on any atom is -0.298 e. The van der Waals surface area contributed by atoms with Crippen LogP contribution in [-0.4, -0.2) is 10.7 Å². The normalized spacial score (nSPS) is 12.2. The number of halogens is 2. The Labute approximate surface area is 102 Å². The zero-order valence-corrected chi connectivity index (χ0v) is 9.96. The highest BCUT2D eigenvalue weighted by Crippen LogP contribution is 2.34. The number of carbonyl (C=O) groups excluding carboxylic acids is 1. The van der Waals surface area contributed by atoms with Gasteiger partial charge < -0.3 is 0 Å². The molecule has 1 unspecified atom stereocenters. The number of hydrogen-bond acceptors (Lipinski definition) is 3. The molecule has 1 atom stereocenters. The summed E-state index contributed by atoms with van der Waals surface area (Å²) in [6, 6.07) is 4.44. The summed E-state index contributed by atoms with van der Waals surface area (Å²) in [5.41, 5.74) is 0.524. The molecule has 1 aromatic rings. The van der Waals surface area contributed by atoms with E-state index in [-0.39, 0.29) is 22.9 Å². The number of ketones is 1. The number of hydrogen-bond donors (Lipinski definition) is 0. The van der Waals surface area contributed by atoms with Crippen LogP contribution in [0.25, 0.3) is 0 Å². The number of nitro benzene ring substituents is 1. The van der Waals surface area contributed by atoms with Crippen molar-refractivity contribution in [3.8, 4) is 0 Å². The number of benzene rings is 1. The fraction of sp³-hybridized carbons (Fsp3) is 0.300. The highest BCUT2D eigenvalue weighted by molar-refractivity contribution is 6.31. The van der Waals surface area contributed by atoms with Gasteiger partial charge in [-0.2, -0.15) is 0 Å². The summed E-state index contributed by atoms with van der Waals surface area (Å²) in [7, 11) is 0. The molecule has 0 spiro atoms. The van der Waals surface area contributed by atoms with Crippen LogP contribution in [0.1, 0.15) is 23.4 Å². The lowest BCUT2D eigenvalue weighted by Gasteiger charge is -2.10. The van der Waals surface area contributed by atoms with Crippen LogP contribution in [0.5, 0.6) is 0 Å². The van der Waals surface area contributed by atoms with Gasteiger partial charge in [-0.05, 0) is 12.5 Å². The van der Waals surface area contributed by atoms with E-state index >= 15 is 0 Å². The van der Waals surface area contributed by atoms with Crippen LogP contribution in [0, 0.1) is 10.1 Å². The molecule has 0 saturated heterocycles. The maximum Gasteiger partial charge on any atom is 0.274 e. The van der Waals surface area contributed by atoms with E-state index in [4.69, 9.17) is 23.2 Å². The quantitative estimate of drug-likeness (QED) is 0.475. The van der Waals surface area contributed by atoms with Crippen LogP contribution in [0.15, 0.2) is 18.2 Å². The van der Waals surface area contributed by atoms with Crippen molar-refractivity contribution < 1.29 is 9.72 Å². The summed E-state index contributed by atoms with van der Waals surface area (Å²) in [4.78, 5) is 21.4. The first kappa shape index (κ1) is 12.9. The summed E-state index contributed by atoms with van der Waals surface area (Å²) in [5, 5.41) is 9.78.